The molecule has 2 aromatic rings. The minimum Gasteiger partial charge on any atom is -0.368 e. The highest BCUT2D eigenvalue weighted by Gasteiger charge is 2.35. The SMILES string of the molecule is C[C@@H]1CN(c2cc(Cl)cc3[nH]ncc23)C[C@H](C)N1S(C)(=O)=O. The van der Waals surface area contributed by atoms with E-state index in [1.807, 2.05) is 26.0 Å². The first-order valence-corrected chi connectivity index (χ1v) is 9.36. The fourth-order valence-electron chi connectivity index (χ4n) is 3.42. The van der Waals surface area contributed by atoms with Crippen molar-refractivity contribution < 1.29 is 8.42 Å². The molecule has 3 rings (SSSR count). The van der Waals surface area contributed by atoms with Crippen LogP contribution in [0.3, 0.4) is 0 Å². The van der Waals surface area contributed by atoms with Crippen LogP contribution in [0, 0.1) is 0 Å². The molecule has 22 heavy (non-hydrogen) atoms. The van der Waals surface area contributed by atoms with Gasteiger partial charge in [-0.2, -0.15) is 9.40 Å². The molecule has 1 aliphatic rings. The molecule has 2 heterocycles. The smallest absolute Gasteiger partial charge is 0.211 e. The van der Waals surface area contributed by atoms with E-state index in [1.165, 1.54) is 6.26 Å². The first-order valence-electron chi connectivity index (χ1n) is 7.13. The van der Waals surface area contributed by atoms with Gasteiger partial charge in [0.1, 0.15) is 0 Å². The number of rotatable bonds is 2. The predicted molar refractivity (Wildman–Crippen MR) is 88.9 cm³/mol. The molecule has 0 amide bonds. The summed E-state index contributed by atoms with van der Waals surface area (Å²) in [6, 6.07) is 3.56. The lowest BCUT2D eigenvalue weighted by molar-refractivity contribution is 0.243. The molecule has 1 aliphatic heterocycles. The molecular weight excluding hydrogens is 324 g/mol. The number of nitrogens with one attached hydrogen (secondary N) is 1. The topological polar surface area (TPSA) is 69.3 Å². The standard InChI is InChI=1S/C14H19ClN4O2S/c1-9-7-18(8-10(2)19(9)22(3,20)21)14-5-11(15)4-13-12(14)6-16-17-13/h4-6,9-10H,7-8H2,1-3H3,(H,16,17)/t9-,10+. The van der Waals surface area contributed by atoms with Crippen LogP contribution in [0.2, 0.25) is 5.02 Å². The number of aromatic nitrogens is 2. The Kier molecular flexibility index (Phi) is 3.82. The van der Waals surface area contributed by atoms with Gasteiger partial charge in [-0.25, -0.2) is 8.42 Å². The number of aromatic amines is 1. The molecule has 0 bridgehead atoms. The summed E-state index contributed by atoms with van der Waals surface area (Å²) in [4.78, 5) is 2.18. The predicted octanol–water partition coefficient (Wildman–Crippen LogP) is 2.07. The van der Waals surface area contributed by atoms with Crippen LogP contribution in [0.1, 0.15) is 13.8 Å². The third-order valence-electron chi connectivity index (χ3n) is 4.06. The second-order valence-electron chi connectivity index (χ2n) is 5.95. The van der Waals surface area contributed by atoms with Crippen molar-refractivity contribution in [3.05, 3.63) is 23.4 Å². The van der Waals surface area contributed by atoms with Crippen molar-refractivity contribution in [3.8, 4) is 0 Å². The Balaban J connectivity index is 1.98. The van der Waals surface area contributed by atoms with E-state index in [0.29, 0.717) is 18.1 Å². The molecule has 120 valence electrons. The van der Waals surface area contributed by atoms with Crippen molar-refractivity contribution in [2.45, 2.75) is 25.9 Å². The molecule has 1 aromatic carbocycles. The minimum absolute atomic E-state index is 0.0975. The number of nitrogens with zero attached hydrogens (tertiary/aromatic N) is 3. The summed E-state index contributed by atoms with van der Waals surface area (Å²) in [5.41, 5.74) is 1.87. The summed E-state index contributed by atoms with van der Waals surface area (Å²) in [5.74, 6) is 0. The van der Waals surface area contributed by atoms with E-state index in [-0.39, 0.29) is 12.1 Å². The molecule has 1 N–H and O–H groups in total. The second kappa shape index (κ2) is 5.40. The summed E-state index contributed by atoms with van der Waals surface area (Å²) in [5, 5.41) is 8.63. The lowest BCUT2D eigenvalue weighted by Gasteiger charge is -2.44. The summed E-state index contributed by atoms with van der Waals surface area (Å²) >= 11 is 6.19. The summed E-state index contributed by atoms with van der Waals surface area (Å²) in [7, 11) is -3.21. The van der Waals surface area contributed by atoms with Crippen LogP contribution in [0.5, 0.6) is 0 Å². The molecule has 8 heteroatoms. The Morgan fingerprint density at radius 1 is 1.27 bits per heavy atom. The average molecular weight is 343 g/mol. The van der Waals surface area contributed by atoms with Crippen molar-refractivity contribution in [1.82, 2.24) is 14.5 Å². The number of fused-ring (bicyclic) bond motifs is 1. The molecule has 0 spiro atoms. The molecule has 2 atom stereocenters. The molecule has 0 saturated carbocycles. The molecule has 1 fully saturated rings. The maximum atomic E-state index is 11.9. The van der Waals surface area contributed by atoms with E-state index in [2.05, 4.69) is 15.1 Å². The lowest BCUT2D eigenvalue weighted by atomic mass is 10.1. The van der Waals surface area contributed by atoms with Gasteiger partial charge >= 0.3 is 0 Å². The Labute approximate surface area is 135 Å². The first-order chi connectivity index (χ1) is 10.3. The Morgan fingerprint density at radius 3 is 2.50 bits per heavy atom. The van der Waals surface area contributed by atoms with Gasteiger partial charge in [0.25, 0.3) is 0 Å². The molecule has 0 unspecified atom stereocenters. The van der Waals surface area contributed by atoms with Crippen molar-refractivity contribution in [3.63, 3.8) is 0 Å². The molecule has 1 aromatic heterocycles. The van der Waals surface area contributed by atoms with Crippen molar-refractivity contribution in [2.24, 2.45) is 0 Å². The number of benzene rings is 1. The van der Waals surface area contributed by atoms with Gasteiger partial charge in [-0.05, 0) is 26.0 Å². The monoisotopic (exact) mass is 342 g/mol. The van der Waals surface area contributed by atoms with E-state index in [9.17, 15) is 8.42 Å². The molecule has 1 saturated heterocycles. The normalized spacial score (nSPS) is 24.1. The van der Waals surface area contributed by atoms with Crippen LogP contribution in [0.15, 0.2) is 18.3 Å². The van der Waals surface area contributed by atoms with E-state index in [0.717, 1.165) is 16.6 Å². The van der Waals surface area contributed by atoms with E-state index < -0.39 is 10.0 Å². The highest BCUT2D eigenvalue weighted by atomic mass is 35.5. The first kappa shape index (κ1) is 15.6. The van der Waals surface area contributed by atoms with Crippen LogP contribution < -0.4 is 4.90 Å². The highest BCUT2D eigenvalue weighted by molar-refractivity contribution is 7.88. The number of halogens is 1. The Morgan fingerprint density at radius 2 is 1.91 bits per heavy atom. The number of hydrogen-bond acceptors (Lipinski definition) is 4. The van der Waals surface area contributed by atoms with Gasteiger partial charge in [0.2, 0.25) is 10.0 Å². The van der Waals surface area contributed by atoms with Crippen molar-refractivity contribution in [1.29, 1.82) is 0 Å². The number of anilines is 1. The third-order valence-corrected chi connectivity index (χ3v) is 5.77. The zero-order valence-corrected chi connectivity index (χ0v) is 14.3. The van der Waals surface area contributed by atoms with Crippen LogP contribution >= 0.6 is 11.6 Å². The summed E-state index contributed by atoms with van der Waals surface area (Å²) in [6.45, 7) is 5.11. The third kappa shape index (κ3) is 2.68. The molecule has 0 radical (unpaired) electrons. The molecule has 0 aliphatic carbocycles. The van der Waals surface area contributed by atoms with Gasteiger partial charge < -0.3 is 4.90 Å². The van der Waals surface area contributed by atoms with E-state index >= 15 is 0 Å². The molecular formula is C14H19ClN4O2S. The largest absolute Gasteiger partial charge is 0.368 e. The van der Waals surface area contributed by atoms with Gasteiger partial charge in [-0.1, -0.05) is 11.6 Å². The van der Waals surface area contributed by atoms with Gasteiger partial charge in [-0.3, -0.25) is 5.10 Å². The Bertz CT molecular complexity index is 792. The van der Waals surface area contributed by atoms with E-state index in [4.69, 9.17) is 11.6 Å². The van der Waals surface area contributed by atoms with Gasteiger partial charge in [0, 0.05) is 41.3 Å². The summed E-state index contributed by atoms with van der Waals surface area (Å²) in [6.07, 6.45) is 3.04. The van der Waals surface area contributed by atoms with Crippen LogP contribution in [-0.2, 0) is 10.0 Å². The number of piperazine rings is 1. The highest BCUT2D eigenvalue weighted by Crippen LogP contribution is 2.32. The number of sulfonamides is 1. The van der Waals surface area contributed by atoms with Crippen molar-refractivity contribution in [2.75, 3.05) is 24.2 Å². The second-order valence-corrected chi connectivity index (χ2v) is 8.28. The summed E-state index contributed by atoms with van der Waals surface area (Å²) < 4.78 is 25.5. The maximum absolute atomic E-state index is 11.9. The van der Waals surface area contributed by atoms with Gasteiger partial charge in [0.15, 0.2) is 0 Å². The Hall–Kier alpha value is -1.31. The van der Waals surface area contributed by atoms with Gasteiger partial charge in [0.05, 0.1) is 18.0 Å². The van der Waals surface area contributed by atoms with Crippen molar-refractivity contribution >= 4 is 38.2 Å². The number of H-pyrrole nitrogens is 1. The zero-order chi connectivity index (χ0) is 16.1. The van der Waals surface area contributed by atoms with Crippen LogP contribution in [0.4, 0.5) is 5.69 Å². The van der Waals surface area contributed by atoms with Gasteiger partial charge in [-0.15, -0.1) is 0 Å². The van der Waals surface area contributed by atoms with E-state index in [1.54, 1.807) is 10.5 Å². The average Bonchev–Trinajstić information content (AvgIpc) is 2.82. The minimum atomic E-state index is -3.21. The zero-order valence-electron chi connectivity index (χ0n) is 12.7. The number of hydrogen-bond donors (Lipinski definition) is 1. The maximum Gasteiger partial charge on any atom is 0.211 e. The van der Waals surface area contributed by atoms with Crippen LogP contribution in [0.25, 0.3) is 10.9 Å². The quantitative estimate of drug-likeness (QED) is 0.907. The fourth-order valence-corrected chi connectivity index (χ4v) is 5.07. The fraction of sp³-hybridized carbons (Fsp3) is 0.500. The molecule has 6 nitrogen and oxygen atoms in total. The van der Waals surface area contributed by atoms with Crippen LogP contribution in [-0.4, -0.2) is 54.3 Å². The lowest BCUT2D eigenvalue weighted by Crippen LogP contribution is -2.58.